The minimum Gasteiger partial charge on any atom is -0.452 e. The normalized spacial score (nSPS) is 14.6. The second-order valence-corrected chi connectivity index (χ2v) is 10.1. The molecule has 0 atom stereocenters. The molecule has 1 amide bonds. The zero-order chi connectivity index (χ0) is 25.2. The molecule has 1 saturated heterocycles. The second kappa shape index (κ2) is 9.80. The number of carbonyl (C=O) groups excluding carboxylic acids is 2. The first-order valence-electron chi connectivity index (χ1n) is 10.9. The quantitative estimate of drug-likeness (QED) is 0.291. The summed E-state index contributed by atoms with van der Waals surface area (Å²) in [6, 6.07) is 16.3. The van der Waals surface area contributed by atoms with Gasteiger partial charge in [0.15, 0.2) is 6.61 Å². The van der Waals surface area contributed by atoms with Crippen LogP contribution in [0.2, 0.25) is 0 Å². The van der Waals surface area contributed by atoms with Gasteiger partial charge in [-0.25, -0.2) is 13.2 Å². The number of nitro benzene ring substituents is 1. The van der Waals surface area contributed by atoms with Crippen molar-refractivity contribution < 1.29 is 27.7 Å². The predicted molar refractivity (Wildman–Crippen MR) is 127 cm³/mol. The van der Waals surface area contributed by atoms with Gasteiger partial charge >= 0.3 is 5.97 Å². The number of esters is 1. The lowest BCUT2D eigenvalue weighted by molar-refractivity contribution is -0.385. The Morgan fingerprint density at radius 3 is 2.31 bits per heavy atom. The molecule has 1 heterocycles. The van der Waals surface area contributed by atoms with Crippen LogP contribution in [0, 0.1) is 17.0 Å². The largest absolute Gasteiger partial charge is 0.452 e. The summed E-state index contributed by atoms with van der Waals surface area (Å²) in [6.07, 6.45) is 0. The average molecular weight is 498 g/mol. The first-order chi connectivity index (χ1) is 16.7. The van der Waals surface area contributed by atoms with Gasteiger partial charge in [0.2, 0.25) is 10.0 Å². The van der Waals surface area contributed by atoms with E-state index in [4.69, 9.17) is 4.74 Å². The Morgan fingerprint density at radius 1 is 0.971 bits per heavy atom. The van der Waals surface area contributed by atoms with Crippen molar-refractivity contribution in [2.24, 2.45) is 0 Å². The second-order valence-electron chi connectivity index (χ2n) is 8.13. The summed E-state index contributed by atoms with van der Waals surface area (Å²) in [4.78, 5) is 36.8. The molecular formula is C24H23N3O7S. The monoisotopic (exact) mass is 497 g/mol. The van der Waals surface area contributed by atoms with Crippen molar-refractivity contribution in [2.45, 2.75) is 11.8 Å². The highest BCUT2D eigenvalue weighted by Crippen LogP contribution is 2.23. The van der Waals surface area contributed by atoms with E-state index < -0.39 is 33.4 Å². The predicted octanol–water partition coefficient (Wildman–Crippen LogP) is 2.75. The topological polar surface area (TPSA) is 127 Å². The van der Waals surface area contributed by atoms with Gasteiger partial charge in [0.1, 0.15) is 0 Å². The Morgan fingerprint density at radius 2 is 1.66 bits per heavy atom. The molecule has 10 nitrogen and oxygen atoms in total. The number of amides is 1. The maximum absolute atomic E-state index is 13.1. The van der Waals surface area contributed by atoms with E-state index in [1.807, 2.05) is 24.3 Å². The first kappa shape index (κ1) is 24.3. The fraction of sp³-hybridized carbons (Fsp3) is 0.250. The highest BCUT2D eigenvalue weighted by Gasteiger charge is 2.30. The summed E-state index contributed by atoms with van der Waals surface area (Å²) in [5.41, 5.74) is 0.292. The van der Waals surface area contributed by atoms with Crippen LogP contribution in [-0.4, -0.2) is 67.2 Å². The highest BCUT2D eigenvalue weighted by molar-refractivity contribution is 7.89. The minimum absolute atomic E-state index is 0.104. The molecule has 35 heavy (non-hydrogen) atoms. The lowest BCUT2D eigenvalue weighted by Crippen LogP contribution is -2.51. The molecule has 0 radical (unpaired) electrons. The summed E-state index contributed by atoms with van der Waals surface area (Å²) < 4.78 is 32.6. The lowest BCUT2D eigenvalue weighted by Gasteiger charge is -2.33. The molecule has 1 aliphatic rings. The summed E-state index contributed by atoms with van der Waals surface area (Å²) in [6.45, 7) is 1.57. The number of hydrogen-bond donors (Lipinski definition) is 0. The number of hydrogen-bond acceptors (Lipinski definition) is 7. The van der Waals surface area contributed by atoms with Gasteiger partial charge in [-0.05, 0) is 42.0 Å². The molecule has 182 valence electrons. The van der Waals surface area contributed by atoms with Gasteiger partial charge in [-0.15, -0.1) is 0 Å². The number of benzene rings is 3. The van der Waals surface area contributed by atoms with Gasteiger partial charge in [0.05, 0.1) is 15.4 Å². The molecule has 0 bridgehead atoms. The fourth-order valence-electron chi connectivity index (χ4n) is 3.94. The molecule has 1 aliphatic heterocycles. The summed E-state index contributed by atoms with van der Waals surface area (Å²) >= 11 is 0. The van der Waals surface area contributed by atoms with Crippen LogP contribution in [0.4, 0.5) is 5.69 Å². The number of piperazine rings is 1. The molecule has 3 aromatic carbocycles. The highest BCUT2D eigenvalue weighted by atomic mass is 32.2. The van der Waals surface area contributed by atoms with Crippen LogP contribution in [0.3, 0.4) is 0 Å². The molecular weight excluding hydrogens is 474 g/mol. The smallest absolute Gasteiger partial charge is 0.338 e. The van der Waals surface area contributed by atoms with Gasteiger partial charge in [-0.1, -0.05) is 30.3 Å². The van der Waals surface area contributed by atoms with E-state index in [1.54, 1.807) is 18.2 Å². The summed E-state index contributed by atoms with van der Waals surface area (Å²) in [7, 11) is -3.72. The first-order valence-corrected chi connectivity index (χ1v) is 12.3. The lowest BCUT2D eigenvalue weighted by atomic mass is 10.1. The van der Waals surface area contributed by atoms with E-state index >= 15 is 0 Å². The van der Waals surface area contributed by atoms with E-state index in [1.165, 1.54) is 34.3 Å². The number of sulfonamides is 1. The van der Waals surface area contributed by atoms with Crippen LogP contribution in [-0.2, 0) is 19.6 Å². The third-order valence-corrected chi connectivity index (χ3v) is 7.80. The van der Waals surface area contributed by atoms with E-state index in [0.29, 0.717) is 5.56 Å². The Hall–Kier alpha value is -3.83. The van der Waals surface area contributed by atoms with Crippen molar-refractivity contribution >= 4 is 38.4 Å². The molecule has 0 spiro atoms. The van der Waals surface area contributed by atoms with Crippen molar-refractivity contribution in [2.75, 3.05) is 32.8 Å². The number of fused-ring (bicyclic) bond motifs is 1. The van der Waals surface area contributed by atoms with Crippen molar-refractivity contribution in [1.82, 2.24) is 9.21 Å². The number of rotatable bonds is 6. The van der Waals surface area contributed by atoms with Crippen LogP contribution in [0.5, 0.6) is 0 Å². The molecule has 1 fully saturated rings. The van der Waals surface area contributed by atoms with Crippen molar-refractivity contribution in [1.29, 1.82) is 0 Å². The van der Waals surface area contributed by atoms with E-state index in [-0.39, 0.29) is 42.3 Å². The Labute approximate surface area is 201 Å². The van der Waals surface area contributed by atoms with Crippen LogP contribution in [0.25, 0.3) is 10.8 Å². The standard InChI is InChI=1S/C24H23N3O7S/c1-17-14-20(7-9-22(17)27(30)31)24(29)34-16-23(28)25-10-12-26(13-11-25)35(32,33)21-8-6-18-4-2-3-5-19(18)15-21/h2-9,14-15H,10-13,16H2,1H3. The minimum atomic E-state index is -3.72. The van der Waals surface area contributed by atoms with Gasteiger partial charge in [0, 0.05) is 37.8 Å². The van der Waals surface area contributed by atoms with Gasteiger partial charge in [-0.2, -0.15) is 4.31 Å². The van der Waals surface area contributed by atoms with E-state index in [0.717, 1.165) is 10.8 Å². The number of ether oxygens (including phenoxy) is 1. The molecule has 0 unspecified atom stereocenters. The molecule has 4 rings (SSSR count). The zero-order valence-electron chi connectivity index (χ0n) is 18.9. The molecule has 0 N–H and O–H groups in total. The van der Waals surface area contributed by atoms with E-state index in [2.05, 4.69) is 0 Å². The maximum atomic E-state index is 13.1. The van der Waals surface area contributed by atoms with Crippen LogP contribution < -0.4 is 0 Å². The number of nitro groups is 1. The van der Waals surface area contributed by atoms with Crippen LogP contribution >= 0.6 is 0 Å². The third-order valence-electron chi connectivity index (χ3n) is 5.91. The van der Waals surface area contributed by atoms with Crippen molar-refractivity contribution in [3.8, 4) is 0 Å². The van der Waals surface area contributed by atoms with Crippen LogP contribution in [0.15, 0.2) is 65.6 Å². The maximum Gasteiger partial charge on any atom is 0.338 e. The average Bonchev–Trinajstić information content (AvgIpc) is 2.86. The SMILES string of the molecule is Cc1cc(C(=O)OCC(=O)N2CCN(S(=O)(=O)c3ccc4ccccc4c3)CC2)ccc1[N+](=O)[O-]. The van der Waals surface area contributed by atoms with Crippen molar-refractivity contribution in [3.05, 3.63) is 81.9 Å². The number of carbonyl (C=O) groups is 2. The summed E-state index contributed by atoms with van der Waals surface area (Å²) in [5.74, 6) is -1.21. The Kier molecular flexibility index (Phi) is 6.81. The van der Waals surface area contributed by atoms with Gasteiger partial charge in [0.25, 0.3) is 11.6 Å². The molecule has 11 heteroatoms. The van der Waals surface area contributed by atoms with Crippen molar-refractivity contribution in [3.63, 3.8) is 0 Å². The Balaban J connectivity index is 1.33. The third kappa shape index (κ3) is 5.15. The van der Waals surface area contributed by atoms with Gasteiger partial charge < -0.3 is 9.64 Å². The Bertz CT molecular complexity index is 1410. The molecule has 0 saturated carbocycles. The van der Waals surface area contributed by atoms with Gasteiger partial charge in [-0.3, -0.25) is 14.9 Å². The fourth-order valence-corrected chi connectivity index (χ4v) is 5.40. The van der Waals surface area contributed by atoms with Crippen LogP contribution in [0.1, 0.15) is 15.9 Å². The molecule has 0 aromatic heterocycles. The zero-order valence-corrected chi connectivity index (χ0v) is 19.7. The summed E-state index contributed by atoms with van der Waals surface area (Å²) in [5, 5.41) is 12.7. The van der Waals surface area contributed by atoms with E-state index in [9.17, 15) is 28.1 Å². The molecule has 0 aliphatic carbocycles. The molecule has 3 aromatic rings. The number of nitrogens with zero attached hydrogens (tertiary/aromatic N) is 3. The number of aryl methyl sites for hydroxylation is 1.